The lowest BCUT2D eigenvalue weighted by molar-refractivity contribution is -0.891. The zero-order valence-electron chi connectivity index (χ0n) is 37.5. The van der Waals surface area contributed by atoms with Gasteiger partial charge >= 0.3 is 11.9 Å². The maximum absolute atomic E-state index is 11.4. The normalized spacial score (nSPS) is 13.0. The molecule has 2 N–H and O–H groups in total. The van der Waals surface area contributed by atoms with Crippen molar-refractivity contribution in [3.8, 4) is 0 Å². The van der Waals surface area contributed by atoms with E-state index >= 15 is 0 Å². The second-order valence-electron chi connectivity index (χ2n) is 17.4. The first-order valence-electron chi connectivity index (χ1n) is 24.0. The molecule has 2 unspecified atom stereocenters. The smallest absolute Gasteiger partial charge is 0.318 e. The average molecular weight is 833 g/mol. The molecule has 0 spiro atoms. The predicted octanol–water partition coefficient (Wildman–Crippen LogP) is 14.3. The molecule has 0 heterocycles. The lowest BCUT2D eigenvalue weighted by Crippen LogP contribution is -2.48. The number of likely N-dealkylation sites (N-methyl/N-ethyl adjacent to an activating group) is 1. The van der Waals surface area contributed by atoms with Gasteiger partial charge in [-0.05, 0) is 12.8 Å². The Morgan fingerprint density at radius 3 is 1.25 bits per heavy atom. The molecule has 0 aromatic carbocycles. The summed E-state index contributed by atoms with van der Waals surface area (Å²) in [6.07, 6.45) is 43.3. The van der Waals surface area contributed by atoms with Crippen LogP contribution in [0.2, 0.25) is 0 Å². The number of unbranched alkanes of at least 4 members (excludes halogenated alkanes) is 30. The monoisotopic (exact) mass is 833 g/mol. The van der Waals surface area contributed by atoms with Crippen LogP contribution in [0.4, 0.5) is 0 Å². The van der Waals surface area contributed by atoms with Gasteiger partial charge in [0.05, 0.1) is 39.4 Å². The third kappa shape index (κ3) is 41.7. The topological polar surface area (TPSA) is 93.1 Å². The van der Waals surface area contributed by atoms with E-state index < -0.39 is 17.2 Å². The number of nitrogens with zero attached hydrogens (tertiary/aromatic N) is 1. The van der Waals surface area contributed by atoms with Gasteiger partial charge in [0.25, 0.3) is 0 Å². The number of carboxylic acid groups (broad SMARTS) is 2. The number of carbonyl (C=O) groups is 2. The highest BCUT2D eigenvalue weighted by molar-refractivity contribution is 8.77. The van der Waals surface area contributed by atoms with Crippen molar-refractivity contribution < 1.29 is 33.8 Å². The van der Waals surface area contributed by atoms with E-state index in [9.17, 15) is 14.7 Å². The minimum Gasteiger partial charge on any atom is -0.481 e. The SMILES string of the molecule is CCCCCCCCCCCCCCCCCCOCC(C[N+](C)(C)CCSSC(CC(=O)O)C(=O)O)OCCCCCCCCCCCCCCCCCC. The van der Waals surface area contributed by atoms with Crippen LogP contribution < -0.4 is 0 Å². The number of rotatable bonds is 47. The number of aliphatic carboxylic acids is 2. The van der Waals surface area contributed by atoms with E-state index in [1.807, 2.05) is 0 Å². The Labute approximate surface area is 355 Å². The molecule has 0 aromatic rings. The lowest BCUT2D eigenvalue weighted by atomic mass is 10.0. The highest BCUT2D eigenvalue weighted by atomic mass is 33.1. The van der Waals surface area contributed by atoms with E-state index in [1.54, 1.807) is 0 Å². The standard InChI is InChI=1S/C47H93NO6S2/c1-5-7-9-11-13-15-17-19-21-23-25-27-29-31-33-35-38-53-43-44(42-48(3,4)37-40-55-56-45(47(51)52)41-46(49)50)54-39-36-34-32-30-28-26-24-22-20-18-16-14-12-10-8-6-2/h44-45H,5-43H2,1-4H3,(H-,49,50,51,52)/p+1. The van der Waals surface area contributed by atoms with Gasteiger partial charge in [0, 0.05) is 13.2 Å². The Kier molecular flexibility index (Phi) is 42.3. The van der Waals surface area contributed by atoms with Crippen molar-refractivity contribution in [3.63, 3.8) is 0 Å². The molecule has 7 nitrogen and oxygen atoms in total. The third-order valence-corrected chi connectivity index (χ3v) is 13.8. The molecule has 0 aliphatic heterocycles. The van der Waals surface area contributed by atoms with Crippen molar-refractivity contribution in [3.05, 3.63) is 0 Å². The summed E-state index contributed by atoms with van der Waals surface area (Å²) in [5, 5.41) is 17.5. The van der Waals surface area contributed by atoms with Crippen LogP contribution in [0, 0.1) is 0 Å². The van der Waals surface area contributed by atoms with Crippen molar-refractivity contribution in [1.29, 1.82) is 0 Å². The summed E-state index contributed by atoms with van der Waals surface area (Å²) in [4.78, 5) is 22.5. The number of hydrogen-bond acceptors (Lipinski definition) is 6. The zero-order chi connectivity index (χ0) is 41.2. The fourth-order valence-corrected chi connectivity index (χ4v) is 9.98. The quantitative estimate of drug-likeness (QED) is 0.0356. The summed E-state index contributed by atoms with van der Waals surface area (Å²) >= 11 is 0. The first-order valence-corrected chi connectivity index (χ1v) is 26.3. The molecule has 0 saturated heterocycles. The summed E-state index contributed by atoms with van der Waals surface area (Å²) in [6.45, 7) is 8.42. The molecule has 0 aliphatic rings. The van der Waals surface area contributed by atoms with Gasteiger partial charge in [-0.15, -0.1) is 0 Å². The van der Waals surface area contributed by atoms with Gasteiger partial charge in [0.2, 0.25) is 0 Å². The molecule has 0 aliphatic carbocycles. The van der Waals surface area contributed by atoms with E-state index in [0.717, 1.165) is 60.2 Å². The molecule has 0 fully saturated rings. The van der Waals surface area contributed by atoms with Crippen LogP contribution >= 0.6 is 21.6 Å². The number of ether oxygens (including phenoxy) is 2. The van der Waals surface area contributed by atoms with Crippen LogP contribution in [0.25, 0.3) is 0 Å². The molecule has 0 radical (unpaired) electrons. The first kappa shape index (κ1) is 55.5. The molecule has 56 heavy (non-hydrogen) atoms. The van der Waals surface area contributed by atoms with Crippen molar-refractivity contribution >= 4 is 33.5 Å². The Balaban J connectivity index is 4.27. The van der Waals surface area contributed by atoms with Crippen molar-refractivity contribution in [2.24, 2.45) is 0 Å². The molecule has 0 amide bonds. The fraction of sp³-hybridized carbons (Fsp3) is 0.957. The molecule has 0 saturated carbocycles. The number of hydrogen-bond donors (Lipinski definition) is 2. The van der Waals surface area contributed by atoms with Gasteiger partial charge in [0.1, 0.15) is 17.9 Å². The Morgan fingerprint density at radius 1 is 0.536 bits per heavy atom. The highest BCUT2D eigenvalue weighted by Crippen LogP contribution is 2.29. The summed E-state index contributed by atoms with van der Waals surface area (Å²) < 4.78 is 13.4. The maximum atomic E-state index is 11.4. The summed E-state index contributed by atoms with van der Waals surface area (Å²) in [5.41, 5.74) is 0. The maximum Gasteiger partial charge on any atom is 0.318 e. The van der Waals surface area contributed by atoms with E-state index in [2.05, 4.69) is 27.9 Å². The fourth-order valence-electron chi connectivity index (χ4n) is 7.40. The summed E-state index contributed by atoms with van der Waals surface area (Å²) in [6, 6.07) is 0. The van der Waals surface area contributed by atoms with E-state index in [-0.39, 0.29) is 12.5 Å². The van der Waals surface area contributed by atoms with Crippen LogP contribution in [0.3, 0.4) is 0 Å². The molecule has 334 valence electrons. The lowest BCUT2D eigenvalue weighted by Gasteiger charge is -2.33. The van der Waals surface area contributed by atoms with Crippen LogP contribution in [-0.4, -0.2) is 90.7 Å². The van der Waals surface area contributed by atoms with Crippen LogP contribution in [0.5, 0.6) is 0 Å². The van der Waals surface area contributed by atoms with Crippen LogP contribution in [-0.2, 0) is 19.1 Å². The van der Waals surface area contributed by atoms with Gasteiger partial charge in [-0.1, -0.05) is 228 Å². The minimum atomic E-state index is -1.08. The molecule has 0 bridgehead atoms. The molecule has 2 atom stereocenters. The first-order chi connectivity index (χ1) is 27.2. The largest absolute Gasteiger partial charge is 0.481 e. The van der Waals surface area contributed by atoms with Crippen molar-refractivity contribution in [1.82, 2.24) is 0 Å². The van der Waals surface area contributed by atoms with Crippen LogP contribution in [0.15, 0.2) is 0 Å². The highest BCUT2D eigenvalue weighted by Gasteiger charge is 2.25. The second-order valence-corrected chi connectivity index (χ2v) is 20.0. The number of quaternary nitrogens is 1. The molecular weight excluding hydrogens is 739 g/mol. The Hall–Kier alpha value is -0.480. The third-order valence-electron chi connectivity index (χ3n) is 11.1. The summed E-state index contributed by atoms with van der Waals surface area (Å²) in [7, 11) is 6.99. The molecular formula is C47H94NO6S2+. The van der Waals surface area contributed by atoms with Crippen molar-refractivity contribution in [2.75, 3.05) is 52.8 Å². The van der Waals surface area contributed by atoms with E-state index in [4.69, 9.17) is 14.6 Å². The number of carboxylic acids is 2. The predicted molar refractivity (Wildman–Crippen MR) is 245 cm³/mol. The minimum absolute atomic E-state index is 0.0267. The van der Waals surface area contributed by atoms with Gasteiger partial charge in [-0.25, -0.2) is 0 Å². The van der Waals surface area contributed by atoms with Gasteiger partial charge in [0.15, 0.2) is 0 Å². The van der Waals surface area contributed by atoms with E-state index in [1.165, 1.54) is 203 Å². The van der Waals surface area contributed by atoms with Gasteiger partial charge in [-0.2, -0.15) is 0 Å². The molecule has 0 rings (SSSR count). The Morgan fingerprint density at radius 2 is 0.893 bits per heavy atom. The Bertz CT molecular complexity index is 847. The van der Waals surface area contributed by atoms with Gasteiger partial charge < -0.3 is 24.2 Å². The summed E-state index contributed by atoms with van der Waals surface area (Å²) in [5.74, 6) is -1.40. The zero-order valence-corrected chi connectivity index (χ0v) is 39.2. The molecule has 0 aromatic heterocycles. The van der Waals surface area contributed by atoms with Gasteiger partial charge in [-0.3, -0.25) is 9.59 Å². The van der Waals surface area contributed by atoms with E-state index in [0.29, 0.717) is 6.61 Å². The van der Waals surface area contributed by atoms with Crippen molar-refractivity contribution in [2.45, 2.75) is 237 Å². The second kappa shape index (κ2) is 42.6. The van der Waals surface area contributed by atoms with Crippen LogP contribution in [0.1, 0.15) is 226 Å². The molecule has 9 heteroatoms. The average Bonchev–Trinajstić information content (AvgIpc) is 3.16.